The summed E-state index contributed by atoms with van der Waals surface area (Å²) < 4.78 is 0. The first-order chi connectivity index (χ1) is 8.06. The van der Waals surface area contributed by atoms with Crippen molar-refractivity contribution in [3.63, 3.8) is 0 Å². The van der Waals surface area contributed by atoms with Crippen molar-refractivity contribution in [3.05, 3.63) is 33.8 Å². The number of hydrogen-bond donors (Lipinski definition) is 2. The number of benzene rings is 1. The second-order valence-corrected chi connectivity index (χ2v) is 4.47. The second kappa shape index (κ2) is 6.69. The first kappa shape index (κ1) is 14.1. The van der Waals surface area contributed by atoms with Crippen LogP contribution >= 0.6 is 23.2 Å². The quantitative estimate of drug-likeness (QED) is 0.376. The van der Waals surface area contributed by atoms with Gasteiger partial charge in [0.1, 0.15) is 0 Å². The number of hydrogen-bond acceptors (Lipinski definition) is 3. The van der Waals surface area contributed by atoms with Gasteiger partial charge in [0, 0.05) is 16.6 Å². The molecule has 0 saturated heterocycles. The lowest BCUT2D eigenvalue weighted by atomic mass is 10.2. The summed E-state index contributed by atoms with van der Waals surface area (Å²) in [6.45, 7) is 3.74. The zero-order valence-electron chi connectivity index (χ0n) is 9.53. The Kier molecular flexibility index (Phi) is 5.55. The van der Waals surface area contributed by atoms with Crippen LogP contribution < -0.4 is 5.73 Å². The van der Waals surface area contributed by atoms with Crippen molar-refractivity contribution in [3.8, 4) is 0 Å². The lowest BCUT2D eigenvalue weighted by molar-refractivity contribution is 0.294. The van der Waals surface area contributed by atoms with Gasteiger partial charge in [0.25, 0.3) is 0 Å². The zero-order chi connectivity index (χ0) is 12.8. The van der Waals surface area contributed by atoms with Gasteiger partial charge in [-0.1, -0.05) is 35.3 Å². The highest BCUT2D eigenvalue weighted by molar-refractivity contribution is 6.33. The molecule has 3 N–H and O–H groups in total. The predicted molar refractivity (Wildman–Crippen MR) is 70.8 cm³/mol. The maximum Gasteiger partial charge on any atom is 0.153 e. The van der Waals surface area contributed by atoms with Crippen LogP contribution in [0.1, 0.15) is 12.5 Å². The molecule has 0 heterocycles. The van der Waals surface area contributed by atoms with Crippen LogP contribution in [0, 0.1) is 0 Å². The van der Waals surface area contributed by atoms with Crippen molar-refractivity contribution in [1.82, 2.24) is 4.90 Å². The zero-order valence-corrected chi connectivity index (χ0v) is 11.0. The Bertz CT molecular complexity index is 410. The molecule has 0 fully saturated rings. The van der Waals surface area contributed by atoms with Crippen molar-refractivity contribution < 1.29 is 5.21 Å². The van der Waals surface area contributed by atoms with Crippen molar-refractivity contribution in [2.75, 3.05) is 13.1 Å². The molecule has 94 valence electrons. The highest BCUT2D eigenvalue weighted by atomic mass is 35.5. The average Bonchev–Trinajstić information content (AvgIpc) is 2.32. The monoisotopic (exact) mass is 275 g/mol. The van der Waals surface area contributed by atoms with Crippen molar-refractivity contribution in [2.24, 2.45) is 10.9 Å². The van der Waals surface area contributed by atoms with Gasteiger partial charge in [-0.3, -0.25) is 4.90 Å². The van der Waals surface area contributed by atoms with E-state index in [1.165, 1.54) is 0 Å². The maximum atomic E-state index is 8.53. The normalized spacial score (nSPS) is 12.1. The van der Waals surface area contributed by atoms with Gasteiger partial charge in [-0.25, -0.2) is 0 Å². The van der Waals surface area contributed by atoms with E-state index in [-0.39, 0.29) is 5.84 Å². The predicted octanol–water partition coefficient (Wildman–Crippen LogP) is 2.56. The molecule has 0 aliphatic heterocycles. The Morgan fingerprint density at radius 1 is 1.47 bits per heavy atom. The summed E-state index contributed by atoms with van der Waals surface area (Å²) in [6.07, 6.45) is 0. The number of nitrogens with two attached hydrogens (primary N) is 1. The van der Waals surface area contributed by atoms with E-state index in [2.05, 4.69) is 5.16 Å². The van der Waals surface area contributed by atoms with Crippen LogP contribution in [0.15, 0.2) is 23.4 Å². The van der Waals surface area contributed by atoms with Gasteiger partial charge in [-0.2, -0.15) is 0 Å². The highest BCUT2D eigenvalue weighted by Gasteiger charge is 2.09. The Morgan fingerprint density at radius 3 is 2.76 bits per heavy atom. The molecule has 1 rings (SSSR count). The Balaban J connectivity index is 2.76. The summed E-state index contributed by atoms with van der Waals surface area (Å²) in [5.41, 5.74) is 6.39. The molecule has 4 nitrogen and oxygen atoms in total. The van der Waals surface area contributed by atoms with E-state index in [9.17, 15) is 0 Å². The molecule has 0 amide bonds. The van der Waals surface area contributed by atoms with E-state index in [1.54, 1.807) is 12.1 Å². The largest absolute Gasteiger partial charge is 0.409 e. The van der Waals surface area contributed by atoms with Crippen molar-refractivity contribution in [1.29, 1.82) is 0 Å². The molecule has 0 aliphatic carbocycles. The lowest BCUT2D eigenvalue weighted by Crippen LogP contribution is -2.33. The van der Waals surface area contributed by atoms with Gasteiger partial charge in [0.2, 0.25) is 0 Å². The van der Waals surface area contributed by atoms with Crippen LogP contribution in [0.25, 0.3) is 0 Å². The van der Waals surface area contributed by atoms with Crippen LogP contribution in [0.5, 0.6) is 0 Å². The van der Waals surface area contributed by atoms with Gasteiger partial charge in [0.05, 0.1) is 6.54 Å². The van der Waals surface area contributed by atoms with Gasteiger partial charge in [-0.05, 0) is 30.3 Å². The molecule has 17 heavy (non-hydrogen) atoms. The molecule has 0 atom stereocenters. The third-order valence-corrected chi connectivity index (χ3v) is 2.97. The summed E-state index contributed by atoms with van der Waals surface area (Å²) in [6, 6.07) is 5.32. The molecule has 0 spiro atoms. The molecule has 0 radical (unpaired) electrons. The molecule has 0 saturated carbocycles. The third kappa shape index (κ3) is 4.42. The van der Waals surface area contributed by atoms with E-state index in [4.69, 9.17) is 34.1 Å². The van der Waals surface area contributed by atoms with E-state index >= 15 is 0 Å². The van der Waals surface area contributed by atoms with Crippen LogP contribution in [0.4, 0.5) is 0 Å². The first-order valence-corrected chi connectivity index (χ1v) is 5.95. The second-order valence-electron chi connectivity index (χ2n) is 3.63. The summed E-state index contributed by atoms with van der Waals surface area (Å²) in [5, 5.41) is 12.8. The summed E-state index contributed by atoms with van der Waals surface area (Å²) in [4.78, 5) is 1.99. The maximum absolute atomic E-state index is 8.53. The Hall–Kier alpha value is -0.970. The highest BCUT2D eigenvalue weighted by Crippen LogP contribution is 2.21. The number of oxime groups is 1. The van der Waals surface area contributed by atoms with Crippen LogP contribution in [0.3, 0.4) is 0 Å². The van der Waals surface area contributed by atoms with Gasteiger partial charge in [-0.15, -0.1) is 0 Å². The fraction of sp³-hybridized carbons (Fsp3) is 0.364. The number of likely N-dealkylation sites (N-methyl/N-ethyl adjacent to an activating group) is 1. The van der Waals surface area contributed by atoms with Gasteiger partial charge in [0.15, 0.2) is 5.84 Å². The lowest BCUT2D eigenvalue weighted by Gasteiger charge is -2.20. The number of amidine groups is 1. The minimum atomic E-state index is 0.171. The summed E-state index contributed by atoms with van der Waals surface area (Å²) >= 11 is 12.0. The van der Waals surface area contributed by atoms with E-state index in [0.29, 0.717) is 23.1 Å². The fourth-order valence-corrected chi connectivity index (χ4v) is 1.82. The molecular formula is C11H15Cl2N3O. The molecular weight excluding hydrogens is 261 g/mol. The minimum Gasteiger partial charge on any atom is -0.409 e. The van der Waals surface area contributed by atoms with Crippen LogP contribution in [-0.4, -0.2) is 29.0 Å². The molecule has 0 aromatic heterocycles. The van der Waals surface area contributed by atoms with E-state index in [0.717, 1.165) is 12.1 Å². The molecule has 0 aliphatic rings. The van der Waals surface area contributed by atoms with E-state index < -0.39 is 0 Å². The smallest absolute Gasteiger partial charge is 0.153 e. The Labute approximate surface area is 111 Å². The van der Waals surface area contributed by atoms with Crippen molar-refractivity contribution in [2.45, 2.75) is 13.5 Å². The SMILES string of the molecule is CCN(CC(N)=NO)Cc1cc(Cl)ccc1Cl. The van der Waals surface area contributed by atoms with Crippen LogP contribution in [0.2, 0.25) is 10.0 Å². The molecule has 0 bridgehead atoms. The first-order valence-electron chi connectivity index (χ1n) is 5.19. The summed E-state index contributed by atoms with van der Waals surface area (Å²) in [7, 11) is 0. The molecule has 0 unspecified atom stereocenters. The number of rotatable bonds is 5. The molecule has 6 heteroatoms. The fourth-order valence-electron chi connectivity index (χ4n) is 1.45. The van der Waals surface area contributed by atoms with E-state index in [1.807, 2.05) is 17.9 Å². The van der Waals surface area contributed by atoms with Crippen molar-refractivity contribution >= 4 is 29.0 Å². The topological polar surface area (TPSA) is 61.8 Å². The Morgan fingerprint density at radius 2 is 2.18 bits per heavy atom. The van der Waals surface area contributed by atoms with Gasteiger partial charge >= 0.3 is 0 Å². The minimum absolute atomic E-state index is 0.171. The van der Waals surface area contributed by atoms with Gasteiger partial charge < -0.3 is 10.9 Å². The standard InChI is InChI=1S/C11H15Cl2N3O/c1-2-16(7-11(14)15-17)6-8-5-9(12)3-4-10(8)13/h3-5,17H,2,6-7H2,1H3,(H2,14,15). The third-order valence-electron chi connectivity index (χ3n) is 2.36. The molecule has 1 aromatic rings. The number of nitrogens with zero attached hydrogens (tertiary/aromatic N) is 2. The van der Waals surface area contributed by atoms with Crippen LogP contribution in [-0.2, 0) is 6.54 Å². The number of halogens is 2. The summed E-state index contributed by atoms with van der Waals surface area (Å²) in [5.74, 6) is 0.171. The average molecular weight is 276 g/mol. The molecule has 1 aromatic carbocycles.